The van der Waals surface area contributed by atoms with Gasteiger partial charge in [-0.3, -0.25) is 9.69 Å². The molecule has 1 aliphatic heterocycles. The van der Waals surface area contributed by atoms with Gasteiger partial charge in [0.05, 0.1) is 11.1 Å². The van der Waals surface area contributed by atoms with Crippen LogP contribution in [-0.4, -0.2) is 27.6 Å². The van der Waals surface area contributed by atoms with Gasteiger partial charge in [0.1, 0.15) is 5.82 Å². The standard InChI is InChI=1S/C11H16ClN3O/c1-7(2)15-10(4-8(3)13-15)14-6-9(12)5-11(14)16/h4,7,9H,5-6H2,1-3H3. The summed E-state index contributed by atoms with van der Waals surface area (Å²) in [6.45, 7) is 6.61. The van der Waals surface area contributed by atoms with Crippen LogP contribution in [0.3, 0.4) is 0 Å². The zero-order valence-corrected chi connectivity index (χ0v) is 10.5. The lowest BCUT2D eigenvalue weighted by atomic mass is 10.4. The molecular weight excluding hydrogens is 226 g/mol. The minimum Gasteiger partial charge on any atom is -0.295 e. The molecule has 88 valence electrons. The molecule has 0 bridgehead atoms. The fourth-order valence-electron chi connectivity index (χ4n) is 1.97. The van der Waals surface area contributed by atoms with E-state index in [2.05, 4.69) is 18.9 Å². The highest BCUT2D eigenvalue weighted by atomic mass is 35.5. The first-order chi connectivity index (χ1) is 7.49. The summed E-state index contributed by atoms with van der Waals surface area (Å²) in [6.07, 6.45) is 0.421. The van der Waals surface area contributed by atoms with Gasteiger partial charge in [-0.2, -0.15) is 5.10 Å². The maximum Gasteiger partial charge on any atom is 0.229 e. The molecule has 1 amide bonds. The summed E-state index contributed by atoms with van der Waals surface area (Å²) in [4.78, 5) is 13.5. The zero-order chi connectivity index (χ0) is 11.9. The molecule has 2 heterocycles. The van der Waals surface area contributed by atoms with E-state index in [4.69, 9.17) is 11.6 Å². The molecule has 0 N–H and O–H groups in total. The van der Waals surface area contributed by atoms with Crippen LogP contribution in [0.1, 0.15) is 32.0 Å². The molecule has 4 nitrogen and oxygen atoms in total. The number of carbonyl (C=O) groups excluding carboxylic acids is 1. The molecule has 5 heteroatoms. The molecular formula is C11H16ClN3O. The van der Waals surface area contributed by atoms with Gasteiger partial charge in [-0.15, -0.1) is 11.6 Å². The monoisotopic (exact) mass is 241 g/mol. The highest BCUT2D eigenvalue weighted by Gasteiger charge is 2.31. The highest BCUT2D eigenvalue weighted by molar-refractivity contribution is 6.24. The third kappa shape index (κ3) is 1.94. The number of carbonyl (C=O) groups is 1. The summed E-state index contributed by atoms with van der Waals surface area (Å²) in [6, 6.07) is 2.18. The third-order valence-corrected chi connectivity index (χ3v) is 2.97. The summed E-state index contributed by atoms with van der Waals surface area (Å²) in [5.74, 6) is 0.947. The first-order valence-electron chi connectivity index (χ1n) is 5.49. The number of halogens is 1. The van der Waals surface area contributed by atoms with Crippen LogP contribution in [0.25, 0.3) is 0 Å². The van der Waals surface area contributed by atoms with E-state index in [0.29, 0.717) is 13.0 Å². The van der Waals surface area contributed by atoms with Crippen LogP contribution in [0, 0.1) is 6.92 Å². The molecule has 0 spiro atoms. The van der Waals surface area contributed by atoms with E-state index in [1.807, 2.05) is 17.7 Å². The molecule has 0 saturated carbocycles. The van der Waals surface area contributed by atoms with Crippen LogP contribution < -0.4 is 4.90 Å². The Bertz CT molecular complexity index is 413. The Labute approximate surface area is 100 Å². The molecule has 1 aliphatic rings. The van der Waals surface area contributed by atoms with Crippen molar-refractivity contribution in [2.24, 2.45) is 0 Å². The maximum atomic E-state index is 11.8. The predicted molar refractivity (Wildman–Crippen MR) is 64.0 cm³/mol. The highest BCUT2D eigenvalue weighted by Crippen LogP contribution is 2.27. The number of nitrogens with zero attached hydrogens (tertiary/aromatic N) is 3. The van der Waals surface area contributed by atoms with Crippen LogP contribution in [0.2, 0.25) is 0 Å². The normalized spacial score (nSPS) is 21.2. The molecule has 1 saturated heterocycles. The molecule has 0 radical (unpaired) electrons. The summed E-state index contributed by atoms with van der Waals surface area (Å²) >= 11 is 6.00. The van der Waals surface area contributed by atoms with Crippen molar-refractivity contribution in [3.05, 3.63) is 11.8 Å². The number of alkyl halides is 1. The number of amides is 1. The summed E-state index contributed by atoms with van der Waals surface area (Å²) < 4.78 is 1.88. The van der Waals surface area contributed by atoms with Crippen molar-refractivity contribution in [2.75, 3.05) is 11.4 Å². The van der Waals surface area contributed by atoms with Crippen molar-refractivity contribution in [3.63, 3.8) is 0 Å². The number of rotatable bonds is 2. The lowest BCUT2D eigenvalue weighted by molar-refractivity contribution is -0.117. The Kier molecular flexibility index (Phi) is 2.93. The van der Waals surface area contributed by atoms with Gasteiger partial charge in [-0.25, -0.2) is 4.68 Å². The van der Waals surface area contributed by atoms with E-state index < -0.39 is 0 Å². The lowest BCUT2D eigenvalue weighted by Crippen LogP contribution is -2.27. The van der Waals surface area contributed by atoms with E-state index in [0.717, 1.165) is 11.5 Å². The summed E-state index contributed by atoms with van der Waals surface area (Å²) in [5, 5.41) is 4.31. The third-order valence-electron chi connectivity index (χ3n) is 2.68. The SMILES string of the molecule is Cc1cc(N2CC(Cl)CC2=O)n(C(C)C)n1. The van der Waals surface area contributed by atoms with Crippen molar-refractivity contribution < 1.29 is 4.79 Å². The molecule has 0 aromatic carbocycles. The first-order valence-corrected chi connectivity index (χ1v) is 5.93. The number of aromatic nitrogens is 2. The van der Waals surface area contributed by atoms with E-state index in [1.54, 1.807) is 4.90 Å². The van der Waals surface area contributed by atoms with Crippen molar-refractivity contribution in [1.82, 2.24) is 9.78 Å². The van der Waals surface area contributed by atoms with Crippen molar-refractivity contribution in [3.8, 4) is 0 Å². The van der Waals surface area contributed by atoms with E-state index in [1.165, 1.54) is 0 Å². The molecule has 1 aromatic heterocycles. The van der Waals surface area contributed by atoms with Gasteiger partial charge in [-0.1, -0.05) is 0 Å². The largest absolute Gasteiger partial charge is 0.295 e. The first kappa shape index (κ1) is 11.5. The average Bonchev–Trinajstić information content (AvgIpc) is 2.69. The molecule has 0 aliphatic carbocycles. The second-order valence-electron chi connectivity index (χ2n) is 4.49. The molecule has 16 heavy (non-hydrogen) atoms. The van der Waals surface area contributed by atoms with Crippen LogP contribution in [-0.2, 0) is 4.79 Å². The Hall–Kier alpha value is -1.03. The molecule has 1 aromatic rings. The van der Waals surface area contributed by atoms with Gasteiger partial charge in [0.25, 0.3) is 0 Å². The maximum absolute atomic E-state index is 11.8. The second kappa shape index (κ2) is 4.09. The average molecular weight is 242 g/mol. The van der Waals surface area contributed by atoms with E-state index >= 15 is 0 Å². The van der Waals surface area contributed by atoms with Gasteiger partial charge in [0.2, 0.25) is 5.91 Å². The number of hydrogen-bond donors (Lipinski definition) is 0. The number of anilines is 1. The zero-order valence-electron chi connectivity index (χ0n) is 9.77. The van der Waals surface area contributed by atoms with E-state index in [-0.39, 0.29) is 17.3 Å². The Morgan fingerprint density at radius 3 is 2.75 bits per heavy atom. The topological polar surface area (TPSA) is 38.1 Å². The van der Waals surface area contributed by atoms with Gasteiger partial charge in [-0.05, 0) is 20.8 Å². The quantitative estimate of drug-likeness (QED) is 0.744. The van der Waals surface area contributed by atoms with Crippen LogP contribution >= 0.6 is 11.6 Å². The summed E-state index contributed by atoms with van der Waals surface area (Å²) in [5.41, 5.74) is 0.925. The van der Waals surface area contributed by atoms with Crippen LogP contribution in [0.4, 0.5) is 5.82 Å². The Balaban J connectivity index is 2.36. The predicted octanol–water partition coefficient (Wildman–Crippen LogP) is 2.12. The Morgan fingerprint density at radius 1 is 1.56 bits per heavy atom. The Morgan fingerprint density at radius 2 is 2.25 bits per heavy atom. The van der Waals surface area contributed by atoms with Gasteiger partial charge in [0.15, 0.2) is 0 Å². The second-order valence-corrected chi connectivity index (χ2v) is 5.11. The lowest BCUT2D eigenvalue weighted by Gasteiger charge is -2.19. The van der Waals surface area contributed by atoms with Crippen molar-refractivity contribution >= 4 is 23.3 Å². The van der Waals surface area contributed by atoms with Crippen molar-refractivity contribution in [1.29, 1.82) is 0 Å². The number of hydrogen-bond acceptors (Lipinski definition) is 2. The minimum atomic E-state index is -0.0803. The van der Waals surface area contributed by atoms with Gasteiger partial charge < -0.3 is 0 Å². The molecule has 1 atom stereocenters. The fraction of sp³-hybridized carbons (Fsp3) is 0.636. The minimum absolute atomic E-state index is 0.0803. The van der Waals surface area contributed by atoms with Crippen LogP contribution in [0.15, 0.2) is 6.07 Å². The van der Waals surface area contributed by atoms with Crippen molar-refractivity contribution in [2.45, 2.75) is 38.6 Å². The molecule has 1 unspecified atom stereocenters. The van der Waals surface area contributed by atoms with Gasteiger partial charge in [0, 0.05) is 25.1 Å². The van der Waals surface area contributed by atoms with Crippen LogP contribution in [0.5, 0.6) is 0 Å². The number of aryl methyl sites for hydroxylation is 1. The van der Waals surface area contributed by atoms with E-state index in [9.17, 15) is 4.79 Å². The van der Waals surface area contributed by atoms with Gasteiger partial charge >= 0.3 is 0 Å². The molecule has 2 rings (SSSR count). The molecule has 1 fully saturated rings. The summed E-state index contributed by atoms with van der Waals surface area (Å²) in [7, 11) is 0. The fourth-order valence-corrected chi connectivity index (χ4v) is 2.24. The smallest absolute Gasteiger partial charge is 0.229 e.